The fraction of sp³-hybridized carbons (Fsp3) is 0. The summed E-state index contributed by atoms with van der Waals surface area (Å²) < 4.78 is 9.59. The Balaban J connectivity index is -0.00000000500. The van der Waals surface area contributed by atoms with E-state index < -0.39 is 0 Å². The van der Waals surface area contributed by atoms with Crippen LogP contribution in [0.1, 0.15) is 0 Å². The average Bonchev–Trinajstić information content (AvgIpc) is 1.00. The van der Waals surface area contributed by atoms with Gasteiger partial charge in [-0.05, 0) is 0 Å². The Hall–Kier alpha value is 1.39. The van der Waals surface area contributed by atoms with Crippen molar-refractivity contribution < 1.29 is 28.0 Å². The number of hydrogen-bond donors (Lipinski definition) is 0. The van der Waals surface area contributed by atoms with Crippen LogP contribution >= 0.6 is 24.8 Å². The molecular weight excluding hydrogens is 181 g/mol. The molecule has 0 saturated heterocycles. The molecular formula is H2Cl2FZr. The van der Waals surface area contributed by atoms with Crippen molar-refractivity contribution in [2.75, 3.05) is 0 Å². The SMILES string of the molecule is Cl.Cl.[F][Zr]. The van der Waals surface area contributed by atoms with Crippen LogP contribution in [0.25, 0.3) is 0 Å². The summed E-state index contributed by atoms with van der Waals surface area (Å²) in [6.45, 7) is 0. The second-order valence-electron chi connectivity index (χ2n) is 0. The van der Waals surface area contributed by atoms with E-state index in [0.717, 1.165) is 0 Å². The average molecular weight is 183 g/mol. The van der Waals surface area contributed by atoms with Gasteiger partial charge in [0.15, 0.2) is 0 Å². The van der Waals surface area contributed by atoms with Crippen LogP contribution in [0.4, 0.5) is 2.63 Å². The fourth-order valence-electron chi connectivity index (χ4n) is 0. The second-order valence-corrected chi connectivity index (χ2v) is 0. The van der Waals surface area contributed by atoms with Crippen molar-refractivity contribution in [1.29, 1.82) is 0 Å². The normalized spacial score (nSPS) is 1.00. The van der Waals surface area contributed by atoms with Gasteiger partial charge in [0.25, 0.3) is 0 Å². The monoisotopic (exact) mass is 181 g/mol. The Morgan fingerprint density at radius 1 is 1.00 bits per heavy atom. The molecule has 0 rings (SSSR count). The van der Waals surface area contributed by atoms with Crippen molar-refractivity contribution in [2.24, 2.45) is 0 Å². The van der Waals surface area contributed by atoms with E-state index in [4.69, 9.17) is 0 Å². The molecule has 0 spiro atoms. The van der Waals surface area contributed by atoms with Crippen LogP contribution in [0.15, 0.2) is 0 Å². The van der Waals surface area contributed by atoms with E-state index in [1.807, 2.05) is 0 Å². The summed E-state index contributed by atoms with van der Waals surface area (Å²) in [5.41, 5.74) is 0. The van der Waals surface area contributed by atoms with E-state index in [1.165, 1.54) is 0 Å². The molecule has 0 N–H and O–H groups in total. The molecule has 0 aliphatic rings. The maximum absolute atomic E-state index is 9.59. The molecule has 27 valence electrons. The van der Waals surface area contributed by atoms with Crippen LogP contribution in [-0.4, -0.2) is 0 Å². The van der Waals surface area contributed by atoms with E-state index >= 15 is 0 Å². The summed E-state index contributed by atoms with van der Waals surface area (Å²) in [5, 5.41) is 0. The van der Waals surface area contributed by atoms with Crippen molar-refractivity contribution in [2.45, 2.75) is 0 Å². The molecule has 0 aliphatic heterocycles. The molecule has 0 saturated carbocycles. The van der Waals surface area contributed by atoms with Gasteiger partial charge in [-0.25, -0.2) is 0 Å². The Bertz CT molecular complexity index is 6.00. The molecule has 0 nitrogen and oxygen atoms in total. The predicted octanol–water partition coefficient (Wildman–Crippen LogP) is 1.26. The fourth-order valence-corrected chi connectivity index (χ4v) is 0. The third kappa shape index (κ3) is 10.0. The number of halogens is 3. The molecule has 0 fully saturated rings. The van der Waals surface area contributed by atoms with Gasteiger partial charge in [-0.3, -0.25) is 0 Å². The molecule has 0 bridgehead atoms. The molecule has 4 heteroatoms. The van der Waals surface area contributed by atoms with Crippen LogP contribution in [0.2, 0.25) is 0 Å². The summed E-state index contributed by atoms with van der Waals surface area (Å²) in [7, 11) is 0. The van der Waals surface area contributed by atoms with Gasteiger partial charge in [-0.1, -0.05) is 0 Å². The van der Waals surface area contributed by atoms with Crippen molar-refractivity contribution >= 4 is 24.8 Å². The van der Waals surface area contributed by atoms with Crippen molar-refractivity contribution in [1.82, 2.24) is 0 Å². The van der Waals surface area contributed by atoms with Crippen LogP contribution in [-0.2, 0) is 25.3 Å². The van der Waals surface area contributed by atoms with E-state index in [-0.39, 0.29) is 50.1 Å². The summed E-state index contributed by atoms with van der Waals surface area (Å²) in [5.74, 6) is 0. The van der Waals surface area contributed by atoms with E-state index in [1.54, 1.807) is 0 Å². The molecule has 0 amide bonds. The van der Waals surface area contributed by atoms with Crippen molar-refractivity contribution in [3.63, 3.8) is 0 Å². The van der Waals surface area contributed by atoms with Crippen LogP contribution in [0.5, 0.6) is 0 Å². The van der Waals surface area contributed by atoms with Gasteiger partial charge >= 0.3 is 28.0 Å². The minimum absolute atomic E-state index is 0. The first-order valence-corrected chi connectivity index (χ1v) is 1.12. The predicted molar refractivity (Wildman–Crippen MR) is 15.6 cm³/mol. The van der Waals surface area contributed by atoms with Crippen LogP contribution < -0.4 is 0 Å². The van der Waals surface area contributed by atoms with E-state index in [9.17, 15) is 2.63 Å². The standard InChI is InChI=1S/2ClH.FH.Zr/h3*1H;/q;;;+1/p-1. The zero-order valence-corrected chi connectivity index (χ0v) is 5.79. The Kier molecular flexibility index (Phi) is 118. The summed E-state index contributed by atoms with van der Waals surface area (Å²) >= 11 is 0.0500. The summed E-state index contributed by atoms with van der Waals surface area (Å²) in [6, 6.07) is 0. The van der Waals surface area contributed by atoms with Crippen LogP contribution in [0, 0.1) is 0 Å². The van der Waals surface area contributed by atoms with E-state index in [0.29, 0.717) is 0 Å². The van der Waals surface area contributed by atoms with Crippen molar-refractivity contribution in [3.05, 3.63) is 0 Å². The zero-order valence-electron chi connectivity index (χ0n) is 1.69. The quantitative estimate of drug-likeness (QED) is 0.530. The molecule has 0 aliphatic carbocycles. The molecule has 0 radical (unpaired) electrons. The van der Waals surface area contributed by atoms with Gasteiger partial charge in [0.2, 0.25) is 0 Å². The molecule has 0 atom stereocenters. The maximum atomic E-state index is 9.59. The molecule has 0 aromatic carbocycles. The molecule has 0 aromatic rings. The van der Waals surface area contributed by atoms with Gasteiger partial charge in [0.05, 0.1) is 0 Å². The van der Waals surface area contributed by atoms with Gasteiger partial charge in [0, 0.05) is 0 Å². The van der Waals surface area contributed by atoms with Crippen LogP contribution in [0.3, 0.4) is 0 Å². The second kappa shape index (κ2) is 26.1. The first-order chi connectivity index (χ1) is 1.00. The topological polar surface area (TPSA) is 0 Å². The number of hydrogen-bond acceptors (Lipinski definition) is 0. The zero-order chi connectivity index (χ0) is 2.00. The van der Waals surface area contributed by atoms with Gasteiger partial charge in [-0.15, -0.1) is 24.8 Å². The Morgan fingerprint density at radius 2 is 1.00 bits per heavy atom. The van der Waals surface area contributed by atoms with Crippen molar-refractivity contribution in [3.8, 4) is 0 Å². The Labute approximate surface area is 52.7 Å². The van der Waals surface area contributed by atoms with Gasteiger partial charge in [0.1, 0.15) is 0 Å². The minimum atomic E-state index is 0. The van der Waals surface area contributed by atoms with E-state index in [2.05, 4.69) is 0 Å². The Morgan fingerprint density at radius 3 is 1.00 bits per heavy atom. The molecule has 0 aromatic heterocycles. The summed E-state index contributed by atoms with van der Waals surface area (Å²) in [6.07, 6.45) is 0. The first-order valence-electron chi connectivity index (χ1n) is 0.189. The third-order valence-corrected chi connectivity index (χ3v) is 0. The summed E-state index contributed by atoms with van der Waals surface area (Å²) in [4.78, 5) is 0. The molecule has 4 heavy (non-hydrogen) atoms. The molecule has 0 heterocycles. The number of rotatable bonds is 0. The van der Waals surface area contributed by atoms with Gasteiger partial charge in [-0.2, -0.15) is 0 Å². The molecule has 0 unspecified atom stereocenters. The first kappa shape index (κ1) is 18.2. The van der Waals surface area contributed by atoms with Gasteiger partial charge < -0.3 is 0 Å². The third-order valence-electron chi connectivity index (χ3n) is 0.